The van der Waals surface area contributed by atoms with Gasteiger partial charge in [-0.25, -0.2) is 4.98 Å². The highest BCUT2D eigenvalue weighted by Crippen LogP contribution is 2.25. The number of carbonyl (C=O) groups is 1. The molecule has 4 aromatic heterocycles. The second-order valence-electron chi connectivity index (χ2n) is 8.53. The molecular weight excluding hydrogens is 482 g/mol. The number of thiazole rings is 1. The summed E-state index contributed by atoms with van der Waals surface area (Å²) in [4.78, 5) is 37.7. The number of rotatable bonds is 6. The molecule has 1 aliphatic heterocycles. The zero-order valence-corrected chi connectivity index (χ0v) is 20.0. The van der Waals surface area contributed by atoms with E-state index in [0.29, 0.717) is 46.2 Å². The maximum Gasteiger partial charge on any atom is 0.309 e. The Morgan fingerprint density at radius 1 is 1.03 bits per heavy atom. The molecule has 0 radical (unpaired) electrons. The molecule has 0 saturated carbocycles. The molecule has 1 aliphatic rings. The molecule has 184 valence electrons. The first-order valence-electron chi connectivity index (χ1n) is 11.4. The summed E-state index contributed by atoms with van der Waals surface area (Å²) in [5.74, 6) is 0.628. The van der Waals surface area contributed by atoms with Gasteiger partial charge in [-0.1, -0.05) is 11.3 Å². The Kier molecular flexibility index (Phi) is 5.42. The van der Waals surface area contributed by atoms with Crippen LogP contribution in [0.5, 0.6) is 0 Å². The number of nitrogens with two attached hydrogens (primary N) is 2. The van der Waals surface area contributed by atoms with Gasteiger partial charge in [0.1, 0.15) is 4.70 Å². The monoisotopic (exact) mass is 505 g/mol. The second kappa shape index (κ2) is 8.77. The highest BCUT2D eigenvalue weighted by atomic mass is 32.1. The van der Waals surface area contributed by atoms with Crippen molar-refractivity contribution in [2.45, 2.75) is 6.54 Å². The van der Waals surface area contributed by atoms with Crippen molar-refractivity contribution in [3.63, 3.8) is 0 Å². The Labute approximate surface area is 208 Å². The molecular formula is C23H23N9O3S. The van der Waals surface area contributed by atoms with Gasteiger partial charge in [0.25, 0.3) is 0 Å². The fraction of sp³-hybridized carbons (Fsp3) is 0.261. The van der Waals surface area contributed by atoms with E-state index in [1.807, 2.05) is 12.1 Å². The highest BCUT2D eigenvalue weighted by molar-refractivity contribution is 7.17. The molecule has 1 aromatic carbocycles. The fourth-order valence-corrected chi connectivity index (χ4v) is 5.38. The third-order valence-electron chi connectivity index (χ3n) is 6.39. The maximum absolute atomic E-state index is 12.9. The van der Waals surface area contributed by atoms with Gasteiger partial charge in [-0.3, -0.25) is 19.1 Å². The first-order chi connectivity index (χ1) is 17.5. The molecule has 4 N–H and O–H groups in total. The summed E-state index contributed by atoms with van der Waals surface area (Å²) in [5, 5.41) is 4.39. The van der Waals surface area contributed by atoms with Gasteiger partial charge in [0.15, 0.2) is 17.1 Å². The summed E-state index contributed by atoms with van der Waals surface area (Å²) in [7, 11) is 0. The van der Waals surface area contributed by atoms with Crippen LogP contribution in [0, 0.1) is 0 Å². The SMILES string of the molecule is NC(=O)c1ccc(N2CCN(CCn3c(=O)sc4c3nc(N)n3nc(-c5ccco5)nc43)CC2)cc1. The number of aromatic nitrogens is 5. The van der Waals surface area contributed by atoms with Crippen LogP contribution in [0.2, 0.25) is 0 Å². The Morgan fingerprint density at radius 3 is 2.50 bits per heavy atom. The normalized spacial score (nSPS) is 14.7. The molecule has 5 aromatic rings. The lowest BCUT2D eigenvalue weighted by molar-refractivity contribution is 0.100. The van der Waals surface area contributed by atoms with Crippen LogP contribution in [0.1, 0.15) is 10.4 Å². The molecule has 12 nitrogen and oxygen atoms in total. The third kappa shape index (κ3) is 3.87. The minimum atomic E-state index is -0.429. The number of primary amides is 1. The van der Waals surface area contributed by atoms with E-state index in [0.717, 1.165) is 43.2 Å². The average Bonchev–Trinajstić information content (AvgIpc) is 3.63. The quantitative estimate of drug-likeness (QED) is 0.347. The number of carbonyl (C=O) groups excluding carboxylic acids is 1. The first-order valence-corrected chi connectivity index (χ1v) is 12.3. The number of hydrogen-bond acceptors (Lipinski definition) is 10. The third-order valence-corrected chi connectivity index (χ3v) is 7.35. The molecule has 0 aliphatic carbocycles. The maximum atomic E-state index is 12.9. The smallest absolute Gasteiger partial charge is 0.309 e. The number of piperazine rings is 1. The summed E-state index contributed by atoms with van der Waals surface area (Å²) in [6.07, 6.45) is 1.55. The van der Waals surface area contributed by atoms with Gasteiger partial charge < -0.3 is 20.8 Å². The van der Waals surface area contributed by atoms with Crippen molar-refractivity contribution in [1.82, 2.24) is 29.0 Å². The van der Waals surface area contributed by atoms with Gasteiger partial charge in [0, 0.05) is 50.5 Å². The van der Waals surface area contributed by atoms with E-state index in [4.69, 9.17) is 15.9 Å². The minimum Gasteiger partial charge on any atom is -0.461 e. The lowest BCUT2D eigenvalue weighted by Gasteiger charge is -2.36. The minimum absolute atomic E-state index is 0.110. The van der Waals surface area contributed by atoms with Crippen molar-refractivity contribution < 1.29 is 9.21 Å². The van der Waals surface area contributed by atoms with Crippen molar-refractivity contribution in [3.8, 4) is 11.6 Å². The summed E-state index contributed by atoms with van der Waals surface area (Å²) in [5.41, 5.74) is 14.1. The van der Waals surface area contributed by atoms with Gasteiger partial charge in [0.2, 0.25) is 17.7 Å². The van der Waals surface area contributed by atoms with Gasteiger partial charge in [-0.05, 0) is 36.4 Å². The topological polar surface area (TPSA) is 154 Å². The number of fused-ring (bicyclic) bond motifs is 3. The van der Waals surface area contributed by atoms with Gasteiger partial charge in [0.05, 0.1) is 6.26 Å². The van der Waals surface area contributed by atoms with E-state index in [-0.39, 0.29) is 10.8 Å². The van der Waals surface area contributed by atoms with Crippen molar-refractivity contribution in [2.75, 3.05) is 43.4 Å². The van der Waals surface area contributed by atoms with Crippen LogP contribution < -0.4 is 21.2 Å². The zero-order valence-electron chi connectivity index (χ0n) is 19.2. The Balaban J connectivity index is 1.17. The van der Waals surface area contributed by atoms with Gasteiger partial charge >= 0.3 is 4.87 Å². The van der Waals surface area contributed by atoms with Crippen LogP contribution in [0.3, 0.4) is 0 Å². The van der Waals surface area contributed by atoms with E-state index in [1.54, 1.807) is 35.1 Å². The molecule has 13 heteroatoms. The van der Waals surface area contributed by atoms with E-state index in [2.05, 4.69) is 24.9 Å². The number of anilines is 2. The molecule has 1 amide bonds. The van der Waals surface area contributed by atoms with E-state index < -0.39 is 5.91 Å². The zero-order chi connectivity index (χ0) is 24.8. The van der Waals surface area contributed by atoms with Crippen LogP contribution in [0.25, 0.3) is 27.6 Å². The van der Waals surface area contributed by atoms with Crippen LogP contribution in [0.15, 0.2) is 51.9 Å². The van der Waals surface area contributed by atoms with Crippen LogP contribution >= 0.6 is 11.3 Å². The van der Waals surface area contributed by atoms with Crippen molar-refractivity contribution >= 4 is 44.9 Å². The predicted molar refractivity (Wildman–Crippen MR) is 136 cm³/mol. The van der Waals surface area contributed by atoms with Crippen LogP contribution in [-0.4, -0.2) is 67.7 Å². The molecule has 0 unspecified atom stereocenters. The van der Waals surface area contributed by atoms with E-state index in [1.165, 1.54) is 4.52 Å². The lowest BCUT2D eigenvalue weighted by atomic mass is 10.1. The summed E-state index contributed by atoms with van der Waals surface area (Å²) in [6, 6.07) is 10.9. The number of furan rings is 1. The highest BCUT2D eigenvalue weighted by Gasteiger charge is 2.21. The average molecular weight is 506 g/mol. The predicted octanol–water partition coefficient (Wildman–Crippen LogP) is 1.26. The standard InChI is InChI=1S/C23H23N9O3S/c24-18(33)14-3-5-15(6-4-14)30-10-7-29(8-11-30)9-12-31-20-17(36-23(31)34)21-26-19(16-2-1-13-35-16)28-32(21)22(25)27-20/h1-6,13H,7-12H2,(H2,24,33)(H2,25,27). The van der Waals surface area contributed by atoms with E-state index >= 15 is 0 Å². The van der Waals surface area contributed by atoms with Crippen molar-refractivity contribution in [3.05, 3.63) is 57.9 Å². The summed E-state index contributed by atoms with van der Waals surface area (Å²) < 4.78 is 9.14. The van der Waals surface area contributed by atoms with Crippen molar-refractivity contribution in [2.24, 2.45) is 5.73 Å². The molecule has 0 bridgehead atoms. The lowest BCUT2D eigenvalue weighted by Crippen LogP contribution is -2.47. The second-order valence-corrected chi connectivity index (χ2v) is 9.49. The Bertz CT molecular complexity index is 1610. The van der Waals surface area contributed by atoms with Crippen molar-refractivity contribution in [1.29, 1.82) is 0 Å². The number of nitrogen functional groups attached to an aromatic ring is 1. The molecule has 5 heterocycles. The van der Waals surface area contributed by atoms with Crippen LogP contribution in [-0.2, 0) is 6.54 Å². The fourth-order valence-electron chi connectivity index (χ4n) is 4.44. The summed E-state index contributed by atoms with van der Waals surface area (Å²) in [6.45, 7) is 4.59. The molecule has 1 saturated heterocycles. The Morgan fingerprint density at radius 2 is 1.81 bits per heavy atom. The van der Waals surface area contributed by atoms with Gasteiger partial charge in [-0.2, -0.15) is 9.50 Å². The molecule has 6 rings (SSSR count). The van der Waals surface area contributed by atoms with Gasteiger partial charge in [-0.15, -0.1) is 5.10 Å². The summed E-state index contributed by atoms with van der Waals surface area (Å²) >= 11 is 1.09. The molecule has 0 spiro atoms. The molecule has 1 fully saturated rings. The molecule has 36 heavy (non-hydrogen) atoms. The largest absolute Gasteiger partial charge is 0.461 e. The number of nitrogens with zero attached hydrogens (tertiary/aromatic N) is 7. The van der Waals surface area contributed by atoms with Crippen LogP contribution in [0.4, 0.5) is 11.6 Å². The number of benzene rings is 1. The van der Waals surface area contributed by atoms with E-state index in [9.17, 15) is 9.59 Å². The number of amides is 1. The number of hydrogen-bond donors (Lipinski definition) is 2. The Hall–Kier alpha value is -4.23. The molecule has 0 atom stereocenters. The first kappa shape index (κ1) is 22.2.